The average Bonchev–Trinajstić information content (AvgIpc) is 3.66. The van der Waals surface area contributed by atoms with Gasteiger partial charge in [0.2, 0.25) is 17.7 Å². The minimum atomic E-state index is -1.06. The third-order valence-electron chi connectivity index (χ3n) is 5.38. The molecule has 0 radical (unpaired) electrons. The molecule has 11 nitrogen and oxygen atoms in total. The first kappa shape index (κ1) is 26.9. The molecule has 2 atom stereocenters. The minimum Gasteiger partial charge on any atom is -0.479 e. The van der Waals surface area contributed by atoms with Gasteiger partial charge < -0.3 is 31.5 Å². The highest BCUT2D eigenvalue weighted by Gasteiger charge is 2.37. The molecular formula is C23H32N4O7. The summed E-state index contributed by atoms with van der Waals surface area (Å²) in [6, 6.07) is 9.28. The quantitative estimate of drug-likeness (QED) is 0.195. The van der Waals surface area contributed by atoms with Crippen molar-refractivity contribution >= 4 is 29.5 Å². The topological polar surface area (TPSA) is 177 Å². The summed E-state index contributed by atoms with van der Waals surface area (Å²) in [6.45, 7) is -0.943. The zero-order valence-electron chi connectivity index (χ0n) is 19.0. The molecule has 2 rings (SSSR count). The van der Waals surface area contributed by atoms with Crippen LogP contribution in [0.3, 0.4) is 0 Å². The van der Waals surface area contributed by atoms with Crippen molar-refractivity contribution in [3.63, 3.8) is 0 Å². The fraction of sp³-hybridized carbons (Fsp3) is 0.522. The van der Waals surface area contributed by atoms with Gasteiger partial charge in [0.15, 0.2) is 11.9 Å². The van der Waals surface area contributed by atoms with Crippen LogP contribution in [-0.2, 0) is 35.1 Å². The maximum atomic E-state index is 12.7. The molecule has 1 aliphatic rings. The van der Waals surface area contributed by atoms with Crippen LogP contribution in [0.4, 0.5) is 0 Å². The number of benzene rings is 1. The molecule has 11 heteroatoms. The van der Waals surface area contributed by atoms with E-state index >= 15 is 0 Å². The number of aliphatic carboxylic acids is 1. The Morgan fingerprint density at radius 2 is 1.71 bits per heavy atom. The molecule has 0 heterocycles. The molecule has 1 saturated carbocycles. The summed E-state index contributed by atoms with van der Waals surface area (Å²) in [5.74, 6) is -3.23. The highest BCUT2D eigenvalue weighted by Crippen LogP contribution is 2.34. The number of rotatable bonds is 16. The van der Waals surface area contributed by atoms with E-state index in [0.29, 0.717) is 6.42 Å². The molecule has 0 aliphatic heterocycles. The Balaban J connectivity index is 1.81. The van der Waals surface area contributed by atoms with Gasteiger partial charge in [-0.2, -0.15) is 0 Å². The Morgan fingerprint density at radius 3 is 2.32 bits per heavy atom. The van der Waals surface area contributed by atoms with E-state index in [-0.39, 0.29) is 56.8 Å². The van der Waals surface area contributed by atoms with Gasteiger partial charge in [-0.25, -0.2) is 4.79 Å². The van der Waals surface area contributed by atoms with Crippen LogP contribution in [0.2, 0.25) is 0 Å². The van der Waals surface area contributed by atoms with Crippen molar-refractivity contribution in [1.29, 1.82) is 0 Å². The number of Topliss-reactive ketones (excluding diaryl/α,β-unsaturated/α-hetero) is 1. The second kappa shape index (κ2) is 14.1. The lowest BCUT2D eigenvalue weighted by Crippen LogP contribution is -2.42. The number of carbonyl (C=O) groups excluding carboxylic acids is 4. The highest BCUT2D eigenvalue weighted by atomic mass is 16.5. The summed E-state index contributed by atoms with van der Waals surface area (Å²) in [7, 11) is 0. The Morgan fingerprint density at radius 1 is 1.00 bits per heavy atom. The number of hydrogen-bond donors (Lipinski definition) is 5. The highest BCUT2D eigenvalue weighted by molar-refractivity contribution is 5.88. The lowest BCUT2D eigenvalue weighted by atomic mass is 9.93. The van der Waals surface area contributed by atoms with Crippen LogP contribution in [0.25, 0.3) is 0 Å². The molecule has 1 unspecified atom stereocenters. The summed E-state index contributed by atoms with van der Waals surface area (Å²) in [5, 5.41) is 16.5. The van der Waals surface area contributed by atoms with Gasteiger partial charge in [0.05, 0.1) is 19.6 Å². The molecule has 0 bridgehead atoms. The SMILES string of the molecule is NCC(=O)NCC(=O)CC[C@@H](Cc1ccccc1)C(=O)NCC(=O)NCOC(C(=O)O)C1CC1. The first-order valence-electron chi connectivity index (χ1n) is 11.2. The van der Waals surface area contributed by atoms with Gasteiger partial charge in [0, 0.05) is 12.3 Å². The van der Waals surface area contributed by atoms with E-state index in [0.717, 1.165) is 18.4 Å². The van der Waals surface area contributed by atoms with Crippen molar-refractivity contribution in [3.05, 3.63) is 35.9 Å². The predicted octanol–water partition coefficient (Wildman–Crippen LogP) is -0.661. The van der Waals surface area contributed by atoms with Gasteiger partial charge in [-0.05, 0) is 37.2 Å². The van der Waals surface area contributed by atoms with Gasteiger partial charge >= 0.3 is 5.97 Å². The maximum absolute atomic E-state index is 12.7. The summed E-state index contributed by atoms with van der Waals surface area (Å²) in [5.41, 5.74) is 6.10. The molecule has 1 aliphatic carbocycles. The van der Waals surface area contributed by atoms with Gasteiger partial charge in [0.25, 0.3) is 0 Å². The zero-order chi connectivity index (χ0) is 24.9. The zero-order valence-corrected chi connectivity index (χ0v) is 19.0. The minimum absolute atomic E-state index is 0.0285. The Hall–Kier alpha value is -3.31. The van der Waals surface area contributed by atoms with E-state index in [1.165, 1.54) is 0 Å². The molecule has 1 fully saturated rings. The smallest absolute Gasteiger partial charge is 0.333 e. The third kappa shape index (κ3) is 10.1. The van der Waals surface area contributed by atoms with Crippen molar-refractivity contribution < 1.29 is 33.8 Å². The standard InChI is InChI=1S/C23H32N4O7/c24-11-19(29)25-12-18(28)9-8-17(10-15-4-2-1-3-5-15)22(31)26-13-20(30)27-14-34-21(23(32)33)16-6-7-16/h1-5,16-17,21H,6-14,24H2,(H,25,29)(H,26,31)(H,27,30)(H,32,33)/t17-,21?/m0/s1. The largest absolute Gasteiger partial charge is 0.479 e. The Kier molecular flexibility index (Phi) is 11.1. The number of nitrogens with two attached hydrogens (primary N) is 1. The van der Waals surface area contributed by atoms with Crippen molar-refractivity contribution in [2.45, 2.75) is 38.2 Å². The van der Waals surface area contributed by atoms with Crippen LogP contribution < -0.4 is 21.7 Å². The van der Waals surface area contributed by atoms with Crippen molar-refractivity contribution in [2.75, 3.05) is 26.4 Å². The van der Waals surface area contributed by atoms with E-state index in [9.17, 15) is 24.0 Å². The molecule has 0 spiro atoms. The van der Waals surface area contributed by atoms with Crippen molar-refractivity contribution in [3.8, 4) is 0 Å². The molecule has 34 heavy (non-hydrogen) atoms. The van der Waals surface area contributed by atoms with E-state index in [4.69, 9.17) is 15.6 Å². The summed E-state index contributed by atoms with van der Waals surface area (Å²) in [4.78, 5) is 59.2. The molecule has 3 amide bonds. The molecule has 6 N–H and O–H groups in total. The lowest BCUT2D eigenvalue weighted by molar-refractivity contribution is -0.153. The van der Waals surface area contributed by atoms with Gasteiger partial charge in [-0.3, -0.25) is 19.2 Å². The number of amides is 3. The third-order valence-corrected chi connectivity index (χ3v) is 5.38. The van der Waals surface area contributed by atoms with Crippen LogP contribution in [0, 0.1) is 11.8 Å². The summed E-state index contributed by atoms with van der Waals surface area (Å²) in [6.07, 6.45) is 1.31. The number of carboxylic acids is 1. The first-order chi connectivity index (χ1) is 16.3. The van der Waals surface area contributed by atoms with Crippen LogP contribution in [0.15, 0.2) is 30.3 Å². The number of nitrogens with one attached hydrogen (secondary N) is 3. The molecule has 0 saturated heterocycles. The van der Waals surface area contributed by atoms with E-state index in [2.05, 4.69) is 16.0 Å². The first-order valence-corrected chi connectivity index (χ1v) is 11.2. The van der Waals surface area contributed by atoms with Crippen LogP contribution >= 0.6 is 0 Å². The van der Waals surface area contributed by atoms with Crippen molar-refractivity contribution in [1.82, 2.24) is 16.0 Å². The number of ketones is 1. The molecule has 0 aromatic heterocycles. The molecule has 186 valence electrons. The lowest BCUT2D eigenvalue weighted by Gasteiger charge is -2.17. The van der Waals surface area contributed by atoms with Crippen LogP contribution in [0.5, 0.6) is 0 Å². The van der Waals surface area contributed by atoms with Gasteiger partial charge in [0.1, 0.15) is 6.73 Å². The monoisotopic (exact) mass is 476 g/mol. The van der Waals surface area contributed by atoms with Crippen molar-refractivity contribution in [2.24, 2.45) is 17.6 Å². The predicted molar refractivity (Wildman–Crippen MR) is 121 cm³/mol. The number of ether oxygens (including phenoxy) is 1. The van der Waals surface area contributed by atoms with E-state index in [1.54, 1.807) is 0 Å². The normalized spacial score (nSPS) is 14.5. The second-order valence-electron chi connectivity index (χ2n) is 8.17. The Labute approximate surface area is 197 Å². The summed E-state index contributed by atoms with van der Waals surface area (Å²) < 4.78 is 5.22. The Bertz CT molecular complexity index is 858. The van der Waals surface area contributed by atoms with E-state index < -0.39 is 29.8 Å². The fourth-order valence-corrected chi connectivity index (χ4v) is 3.31. The molecule has 1 aromatic rings. The van der Waals surface area contributed by atoms with E-state index in [1.807, 2.05) is 30.3 Å². The number of carbonyl (C=O) groups is 5. The number of hydrogen-bond acceptors (Lipinski definition) is 7. The molecular weight excluding hydrogens is 444 g/mol. The van der Waals surface area contributed by atoms with Crippen LogP contribution in [-0.4, -0.2) is 67.0 Å². The summed E-state index contributed by atoms with van der Waals surface area (Å²) >= 11 is 0. The second-order valence-corrected chi connectivity index (χ2v) is 8.17. The average molecular weight is 477 g/mol. The maximum Gasteiger partial charge on any atom is 0.333 e. The van der Waals surface area contributed by atoms with Gasteiger partial charge in [-0.1, -0.05) is 30.3 Å². The number of carboxylic acid groups (broad SMARTS) is 1. The van der Waals surface area contributed by atoms with Crippen LogP contribution in [0.1, 0.15) is 31.2 Å². The fourth-order valence-electron chi connectivity index (χ4n) is 3.31. The molecule has 1 aromatic carbocycles. The van der Waals surface area contributed by atoms with Gasteiger partial charge in [-0.15, -0.1) is 0 Å².